The summed E-state index contributed by atoms with van der Waals surface area (Å²) >= 11 is 1.46. The first-order valence-corrected chi connectivity index (χ1v) is 9.25. The minimum Gasteiger partial charge on any atom is -0.494 e. The number of ether oxygens (including phenoxy) is 1. The van der Waals surface area contributed by atoms with Crippen LogP contribution in [0.15, 0.2) is 42.5 Å². The normalized spacial score (nSPS) is 10.8. The number of carbonyl (C=O) groups is 1. The number of carbonyl (C=O) groups excluding carboxylic acids is 1. The van der Waals surface area contributed by atoms with Gasteiger partial charge < -0.3 is 9.64 Å². The average Bonchev–Trinajstić information content (AvgIpc) is 3.11. The molecular weight excluding hydrogens is 360 g/mol. The molecule has 27 heavy (non-hydrogen) atoms. The molecule has 0 bridgehead atoms. The number of hydrogen-bond acceptors (Lipinski definition) is 6. The Morgan fingerprint density at radius 3 is 2.56 bits per heavy atom. The molecule has 1 aromatic heterocycles. The first kappa shape index (κ1) is 18.8. The summed E-state index contributed by atoms with van der Waals surface area (Å²) in [5.74, 6) is 0.549. The van der Waals surface area contributed by atoms with Crippen LogP contribution >= 0.6 is 11.3 Å². The van der Waals surface area contributed by atoms with Crippen molar-refractivity contribution in [3.05, 3.63) is 53.6 Å². The highest BCUT2D eigenvalue weighted by atomic mass is 32.1. The Morgan fingerprint density at radius 2 is 1.93 bits per heavy atom. The molecule has 0 N–H and O–H groups in total. The van der Waals surface area contributed by atoms with Gasteiger partial charge in [-0.1, -0.05) is 17.4 Å². The Labute approximate surface area is 162 Å². The lowest BCUT2D eigenvalue weighted by Crippen LogP contribution is -2.36. The van der Waals surface area contributed by atoms with Crippen molar-refractivity contribution in [2.75, 3.05) is 39.2 Å². The largest absolute Gasteiger partial charge is 0.494 e. The number of aromatic nitrogens is 1. The maximum atomic E-state index is 13.1. The molecule has 0 aliphatic rings. The highest BCUT2D eigenvalue weighted by molar-refractivity contribution is 7.22. The van der Waals surface area contributed by atoms with Gasteiger partial charge in [-0.15, -0.1) is 0 Å². The van der Waals surface area contributed by atoms with Crippen molar-refractivity contribution in [3.8, 4) is 11.8 Å². The van der Waals surface area contributed by atoms with E-state index in [4.69, 9.17) is 10.00 Å². The Balaban J connectivity index is 2.00. The smallest absolute Gasteiger partial charge is 0.260 e. The van der Waals surface area contributed by atoms with Crippen LogP contribution in [-0.2, 0) is 0 Å². The van der Waals surface area contributed by atoms with E-state index in [1.807, 2.05) is 37.2 Å². The fourth-order valence-corrected chi connectivity index (χ4v) is 3.63. The molecule has 1 heterocycles. The summed E-state index contributed by atoms with van der Waals surface area (Å²) in [6.45, 7) is 1.21. The molecule has 0 unspecified atom stereocenters. The molecule has 0 spiro atoms. The number of thiazole rings is 1. The lowest BCUT2D eigenvalue weighted by Gasteiger charge is -2.22. The summed E-state index contributed by atoms with van der Waals surface area (Å²) in [6, 6.07) is 14.5. The number of likely N-dealkylation sites (N-methyl/N-ethyl adjacent to an activating group) is 1. The van der Waals surface area contributed by atoms with Crippen molar-refractivity contribution in [1.29, 1.82) is 5.26 Å². The quantitative estimate of drug-likeness (QED) is 0.656. The van der Waals surface area contributed by atoms with E-state index in [9.17, 15) is 4.79 Å². The van der Waals surface area contributed by atoms with Crippen molar-refractivity contribution < 1.29 is 9.53 Å². The van der Waals surface area contributed by atoms with Gasteiger partial charge in [0.15, 0.2) is 5.13 Å². The van der Waals surface area contributed by atoms with Crippen LogP contribution < -0.4 is 9.64 Å². The number of nitrogens with zero attached hydrogens (tertiary/aromatic N) is 4. The molecule has 0 saturated heterocycles. The van der Waals surface area contributed by atoms with Gasteiger partial charge in [-0.05, 0) is 50.5 Å². The lowest BCUT2D eigenvalue weighted by atomic mass is 10.1. The van der Waals surface area contributed by atoms with E-state index >= 15 is 0 Å². The van der Waals surface area contributed by atoms with E-state index in [0.717, 1.165) is 10.2 Å². The summed E-state index contributed by atoms with van der Waals surface area (Å²) in [4.78, 5) is 21.5. The Morgan fingerprint density at radius 1 is 1.19 bits per heavy atom. The van der Waals surface area contributed by atoms with Crippen LogP contribution in [0.2, 0.25) is 0 Å². The second-order valence-electron chi connectivity index (χ2n) is 6.25. The lowest BCUT2D eigenvalue weighted by molar-refractivity contribution is 0.0985. The highest BCUT2D eigenvalue weighted by Gasteiger charge is 2.22. The zero-order valence-corrected chi connectivity index (χ0v) is 16.3. The molecule has 0 atom stereocenters. The van der Waals surface area contributed by atoms with Gasteiger partial charge in [-0.3, -0.25) is 9.69 Å². The average molecular weight is 380 g/mol. The van der Waals surface area contributed by atoms with Gasteiger partial charge in [0.05, 0.1) is 23.4 Å². The molecule has 3 rings (SSSR count). The van der Waals surface area contributed by atoms with E-state index in [1.54, 1.807) is 36.3 Å². The number of rotatable bonds is 6. The van der Waals surface area contributed by atoms with Crippen LogP contribution in [0.4, 0.5) is 5.13 Å². The monoisotopic (exact) mass is 380 g/mol. The number of fused-ring (bicyclic) bond motifs is 1. The van der Waals surface area contributed by atoms with Crippen molar-refractivity contribution in [2.45, 2.75) is 0 Å². The molecule has 3 aromatic rings. The van der Waals surface area contributed by atoms with Gasteiger partial charge in [0.2, 0.25) is 0 Å². The van der Waals surface area contributed by atoms with Crippen molar-refractivity contribution in [3.63, 3.8) is 0 Å². The van der Waals surface area contributed by atoms with Gasteiger partial charge in [-0.2, -0.15) is 5.26 Å². The minimum absolute atomic E-state index is 0.139. The predicted octanol–water partition coefficient (Wildman–Crippen LogP) is 3.38. The first-order chi connectivity index (χ1) is 13.0. The number of hydrogen-bond donors (Lipinski definition) is 0. The molecule has 0 saturated carbocycles. The standard InChI is InChI=1S/C20H20N4O2S/c1-23(2)11-12-24(19(25)15-9-7-14(13-21)8-10-15)20-22-18-16(26-3)5-4-6-17(18)27-20/h4-10H,11-12H2,1-3H3. The van der Waals surface area contributed by atoms with Crippen molar-refractivity contribution in [2.24, 2.45) is 0 Å². The summed E-state index contributed by atoms with van der Waals surface area (Å²) in [5.41, 5.74) is 1.80. The van der Waals surface area contributed by atoms with Gasteiger partial charge in [0.25, 0.3) is 5.91 Å². The predicted molar refractivity (Wildman–Crippen MR) is 108 cm³/mol. The number of anilines is 1. The molecule has 138 valence electrons. The fraction of sp³-hybridized carbons (Fsp3) is 0.250. The molecule has 0 fully saturated rings. The second-order valence-corrected chi connectivity index (χ2v) is 7.26. The molecule has 6 nitrogen and oxygen atoms in total. The number of nitriles is 1. The SMILES string of the molecule is COc1cccc2sc(N(CCN(C)C)C(=O)c3ccc(C#N)cc3)nc12. The number of methoxy groups -OCH3 is 1. The highest BCUT2D eigenvalue weighted by Crippen LogP contribution is 2.34. The van der Waals surface area contributed by atoms with Gasteiger partial charge in [0.1, 0.15) is 11.3 Å². The van der Waals surface area contributed by atoms with Crippen LogP contribution in [0.3, 0.4) is 0 Å². The van der Waals surface area contributed by atoms with E-state index in [2.05, 4.69) is 11.1 Å². The van der Waals surface area contributed by atoms with Crippen LogP contribution in [-0.4, -0.2) is 50.1 Å². The maximum absolute atomic E-state index is 13.1. The first-order valence-electron chi connectivity index (χ1n) is 8.44. The zero-order chi connectivity index (χ0) is 19.4. The van der Waals surface area contributed by atoms with Gasteiger partial charge >= 0.3 is 0 Å². The molecule has 0 radical (unpaired) electrons. The van der Waals surface area contributed by atoms with Crippen LogP contribution in [0.5, 0.6) is 5.75 Å². The molecule has 0 aliphatic heterocycles. The van der Waals surface area contributed by atoms with E-state index < -0.39 is 0 Å². The summed E-state index contributed by atoms with van der Waals surface area (Å²) in [6.07, 6.45) is 0. The molecule has 1 amide bonds. The van der Waals surface area contributed by atoms with E-state index in [1.165, 1.54) is 11.3 Å². The van der Waals surface area contributed by atoms with E-state index in [0.29, 0.717) is 35.1 Å². The van der Waals surface area contributed by atoms with Crippen molar-refractivity contribution in [1.82, 2.24) is 9.88 Å². The molecule has 0 aliphatic carbocycles. The third kappa shape index (κ3) is 4.08. The molecular formula is C20H20N4O2S. The van der Waals surface area contributed by atoms with Gasteiger partial charge in [-0.25, -0.2) is 4.98 Å². The van der Waals surface area contributed by atoms with Crippen LogP contribution in [0.25, 0.3) is 10.2 Å². The number of para-hydroxylation sites is 1. The number of benzene rings is 2. The minimum atomic E-state index is -0.139. The third-order valence-electron chi connectivity index (χ3n) is 4.10. The maximum Gasteiger partial charge on any atom is 0.260 e. The third-order valence-corrected chi connectivity index (χ3v) is 5.14. The van der Waals surface area contributed by atoms with Crippen LogP contribution in [0, 0.1) is 11.3 Å². The summed E-state index contributed by atoms with van der Waals surface area (Å²) < 4.78 is 6.36. The van der Waals surface area contributed by atoms with E-state index in [-0.39, 0.29) is 5.91 Å². The number of amides is 1. The zero-order valence-electron chi connectivity index (χ0n) is 15.5. The summed E-state index contributed by atoms with van der Waals surface area (Å²) in [5, 5.41) is 9.59. The Bertz CT molecular complexity index is 989. The topological polar surface area (TPSA) is 69.5 Å². The summed E-state index contributed by atoms with van der Waals surface area (Å²) in [7, 11) is 5.54. The molecule has 7 heteroatoms. The van der Waals surface area contributed by atoms with Gasteiger partial charge in [0, 0.05) is 18.7 Å². The second kappa shape index (κ2) is 8.16. The van der Waals surface area contributed by atoms with Crippen molar-refractivity contribution >= 4 is 32.6 Å². The fourth-order valence-electron chi connectivity index (χ4n) is 2.62. The Kier molecular flexibility index (Phi) is 5.69. The van der Waals surface area contributed by atoms with Crippen LogP contribution in [0.1, 0.15) is 15.9 Å². The molecule has 2 aromatic carbocycles. The Hall–Kier alpha value is -2.95.